The third-order valence-electron chi connectivity index (χ3n) is 5.20. The fourth-order valence-electron chi connectivity index (χ4n) is 3.91. The number of carbonyl (C=O) groups excluding carboxylic acids is 2. The van der Waals surface area contributed by atoms with E-state index < -0.39 is 15.9 Å². The molecular weight excluding hydrogens is 352 g/mol. The van der Waals surface area contributed by atoms with Crippen molar-refractivity contribution in [3.63, 3.8) is 0 Å². The van der Waals surface area contributed by atoms with Gasteiger partial charge in [-0.25, -0.2) is 8.42 Å². The first-order valence-electron chi connectivity index (χ1n) is 9.26. The SMILES string of the molecule is CCCCn1c(C)c(CC(=O)N[C@H]2C=CS(=O)(=O)C2)c2c1CCCC2=O. The molecule has 1 aliphatic carbocycles. The fourth-order valence-corrected chi connectivity index (χ4v) is 5.14. The lowest BCUT2D eigenvalue weighted by atomic mass is 9.92. The van der Waals surface area contributed by atoms with E-state index in [9.17, 15) is 18.0 Å². The van der Waals surface area contributed by atoms with Crippen LogP contribution >= 0.6 is 0 Å². The molecule has 7 heteroatoms. The highest BCUT2D eigenvalue weighted by Gasteiger charge is 2.30. The maximum atomic E-state index is 12.5. The molecule has 1 aliphatic heterocycles. The van der Waals surface area contributed by atoms with E-state index in [4.69, 9.17) is 0 Å². The van der Waals surface area contributed by atoms with Gasteiger partial charge in [0.2, 0.25) is 5.91 Å². The summed E-state index contributed by atoms with van der Waals surface area (Å²) in [5.74, 6) is -0.212. The van der Waals surface area contributed by atoms with E-state index in [0.717, 1.165) is 60.2 Å². The third-order valence-corrected chi connectivity index (χ3v) is 6.60. The zero-order valence-electron chi connectivity index (χ0n) is 15.4. The Bertz CT molecular complexity index is 865. The average molecular weight is 378 g/mol. The van der Waals surface area contributed by atoms with Crippen LogP contribution in [0, 0.1) is 6.92 Å². The number of Topliss-reactive ketones (excluding diaryl/α,β-unsaturated/α-hetero) is 1. The Labute approximate surface area is 154 Å². The summed E-state index contributed by atoms with van der Waals surface area (Å²) >= 11 is 0. The van der Waals surface area contributed by atoms with E-state index in [0.29, 0.717) is 6.42 Å². The fraction of sp³-hybridized carbons (Fsp3) is 0.579. The van der Waals surface area contributed by atoms with Crippen LogP contribution in [0.5, 0.6) is 0 Å². The van der Waals surface area contributed by atoms with Gasteiger partial charge in [-0.2, -0.15) is 0 Å². The minimum Gasteiger partial charge on any atom is -0.349 e. The summed E-state index contributed by atoms with van der Waals surface area (Å²) in [6.07, 6.45) is 5.98. The predicted octanol–water partition coefficient (Wildman–Crippen LogP) is 2.09. The van der Waals surface area contributed by atoms with Gasteiger partial charge >= 0.3 is 0 Å². The second-order valence-corrected chi connectivity index (χ2v) is 9.11. The van der Waals surface area contributed by atoms with Crippen molar-refractivity contribution < 1.29 is 18.0 Å². The Morgan fingerprint density at radius 2 is 2.12 bits per heavy atom. The zero-order valence-corrected chi connectivity index (χ0v) is 16.2. The van der Waals surface area contributed by atoms with Crippen molar-refractivity contribution >= 4 is 21.5 Å². The number of hydrogen-bond donors (Lipinski definition) is 1. The molecule has 0 spiro atoms. The molecule has 0 saturated carbocycles. The van der Waals surface area contributed by atoms with Gasteiger partial charge in [0.1, 0.15) is 0 Å². The molecule has 142 valence electrons. The van der Waals surface area contributed by atoms with Gasteiger partial charge in [-0.05, 0) is 37.8 Å². The number of rotatable bonds is 6. The van der Waals surface area contributed by atoms with Crippen molar-refractivity contribution in [1.82, 2.24) is 9.88 Å². The summed E-state index contributed by atoms with van der Waals surface area (Å²) in [5, 5.41) is 3.91. The standard InChI is InChI=1S/C19H26N2O4S/c1-3-4-9-21-13(2)15(19-16(21)6-5-7-17(19)22)11-18(23)20-14-8-10-26(24,25)12-14/h8,10,14H,3-7,9,11-12H2,1-2H3,(H,20,23)/t14-/m0/s1. The molecule has 6 nitrogen and oxygen atoms in total. The van der Waals surface area contributed by atoms with Gasteiger partial charge in [0, 0.05) is 35.3 Å². The van der Waals surface area contributed by atoms with E-state index in [1.807, 2.05) is 6.92 Å². The minimum atomic E-state index is -3.20. The molecule has 1 amide bonds. The van der Waals surface area contributed by atoms with Crippen molar-refractivity contribution in [1.29, 1.82) is 0 Å². The van der Waals surface area contributed by atoms with Crippen molar-refractivity contribution in [3.05, 3.63) is 34.0 Å². The molecule has 0 unspecified atom stereocenters. The molecule has 1 atom stereocenters. The van der Waals surface area contributed by atoms with Crippen LogP contribution in [0.1, 0.15) is 59.9 Å². The summed E-state index contributed by atoms with van der Waals surface area (Å²) in [7, 11) is -3.20. The van der Waals surface area contributed by atoms with Gasteiger partial charge < -0.3 is 9.88 Å². The predicted molar refractivity (Wildman–Crippen MR) is 99.9 cm³/mol. The molecule has 2 aliphatic rings. The molecule has 1 aromatic rings. The van der Waals surface area contributed by atoms with Crippen molar-refractivity contribution in [2.75, 3.05) is 5.75 Å². The van der Waals surface area contributed by atoms with Gasteiger partial charge in [-0.15, -0.1) is 0 Å². The summed E-state index contributed by atoms with van der Waals surface area (Å²) in [6, 6.07) is -0.485. The van der Waals surface area contributed by atoms with Gasteiger partial charge in [0.25, 0.3) is 0 Å². The Morgan fingerprint density at radius 3 is 2.77 bits per heavy atom. The molecule has 0 fully saturated rings. The molecule has 0 bridgehead atoms. The van der Waals surface area contributed by atoms with E-state index in [2.05, 4.69) is 16.8 Å². The van der Waals surface area contributed by atoms with Crippen LogP contribution in [0.2, 0.25) is 0 Å². The monoisotopic (exact) mass is 378 g/mol. The topological polar surface area (TPSA) is 85.2 Å². The first-order valence-corrected chi connectivity index (χ1v) is 11.0. The second kappa shape index (κ2) is 7.39. The van der Waals surface area contributed by atoms with E-state index in [1.54, 1.807) is 0 Å². The average Bonchev–Trinajstić information content (AvgIpc) is 3.04. The zero-order chi connectivity index (χ0) is 18.9. The van der Waals surface area contributed by atoms with Gasteiger partial charge in [-0.3, -0.25) is 9.59 Å². The van der Waals surface area contributed by atoms with Crippen molar-refractivity contribution in [3.8, 4) is 0 Å². The first kappa shape index (κ1) is 18.9. The maximum absolute atomic E-state index is 12.5. The molecule has 2 heterocycles. The second-order valence-electron chi connectivity index (χ2n) is 7.18. The molecule has 0 radical (unpaired) electrons. The van der Waals surface area contributed by atoms with E-state index in [1.165, 1.54) is 6.08 Å². The Morgan fingerprint density at radius 1 is 1.35 bits per heavy atom. The highest BCUT2D eigenvalue weighted by Crippen LogP contribution is 2.30. The molecular formula is C19H26N2O4S. The quantitative estimate of drug-likeness (QED) is 0.821. The number of sulfone groups is 1. The van der Waals surface area contributed by atoms with Crippen LogP contribution in [0.25, 0.3) is 0 Å². The number of aromatic nitrogens is 1. The Hall–Kier alpha value is -1.89. The summed E-state index contributed by atoms with van der Waals surface area (Å²) < 4.78 is 25.2. The van der Waals surface area contributed by atoms with Gasteiger partial charge in [0.05, 0.1) is 18.2 Å². The van der Waals surface area contributed by atoms with Crippen LogP contribution in [0.4, 0.5) is 0 Å². The number of unbranched alkanes of at least 4 members (excludes halogenated alkanes) is 1. The van der Waals surface area contributed by atoms with Crippen molar-refractivity contribution in [2.45, 2.75) is 65.0 Å². The summed E-state index contributed by atoms with van der Waals surface area (Å²) in [5.41, 5.74) is 3.60. The Kier molecular flexibility index (Phi) is 5.37. The maximum Gasteiger partial charge on any atom is 0.225 e. The highest BCUT2D eigenvalue weighted by molar-refractivity contribution is 7.94. The van der Waals surface area contributed by atoms with E-state index in [-0.39, 0.29) is 23.9 Å². The number of ketones is 1. The molecule has 1 aromatic heterocycles. The van der Waals surface area contributed by atoms with Gasteiger partial charge in [0.15, 0.2) is 15.6 Å². The largest absolute Gasteiger partial charge is 0.349 e. The van der Waals surface area contributed by atoms with Crippen LogP contribution in [-0.4, -0.2) is 36.5 Å². The number of amides is 1. The lowest BCUT2D eigenvalue weighted by Crippen LogP contribution is -2.36. The summed E-state index contributed by atoms with van der Waals surface area (Å²) in [6.45, 7) is 4.97. The number of nitrogens with one attached hydrogen (secondary N) is 1. The molecule has 0 saturated heterocycles. The van der Waals surface area contributed by atoms with Crippen LogP contribution in [0.3, 0.4) is 0 Å². The molecule has 0 aromatic carbocycles. The molecule has 26 heavy (non-hydrogen) atoms. The normalized spacial score (nSPS) is 21.0. The van der Waals surface area contributed by atoms with Crippen LogP contribution < -0.4 is 5.32 Å². The summed E-state index contributed by atoms with van der Waals surface area (Å²) in [4.78, 5) is 25.0. The van der Waals surface area contributed by atoms with Crippen LogP contribution in [0.15, 0.2) is 11.5 Å². The van der Waals surface area contributed by atoms with E-state index >= 15 is 0 Å². The lowest BCUT2D eigenvalue weighted by Gasteiger charge is -2.15. The number of nitrogens with zero attached hydrogens (tertiary/aromatic N) is 1. The number of hydrogen-bond acceptors (Lipinski definition) is 4. The molecule has 3 rings (SSSR count). The Balaban J connectivity index is 1.83. The highest BCUT2D eigenvalue weighted by atomic mass is 32.2. The van der Waals surface area contributed by atoms with Gasteiger partial charge in [-0.1, -0.05) is 13.3 Å². The number of fused-ring (bicyclic) bond motifs is 1. The smallest absolute Gasteiger partial charge is 0.225 e. The minimum absolute atomic E-state index is 0.0910. The first-order chi connectivity index (χ1) is 12.3. The number of carbonyl (C=O) groups is 2. The van der Waals surface area contributed by atoms with Crippen LogP contribution in [-0.2, 0) is 34.0 Å². The third kappa shape index (κ3) is 3.77. The molecule has 1 N–H and O–H groups in total. The van der Waals surface area contributed by atoms with Crippen molar-refractivity contribution in [2.24, 2.45) is 0 Å². The lowest BCUT2D eigenvalue weighted by molar-refractivity contribution is -0.120.